The van der Waals surface area contributed by atoms with Gasteiger partial charge >= 0.3 is 23.9 Å². The van der Waals surface area contributed by atoms with Gasteiger partial charge < -0.3 is 31.2 Å². The van der Waals surface area contributed by atoms with Crippen LogP contribution in [0.15, 0.2) is 48.5 Å². The summed E-state index contributed by atoms with van der Waals surface area (Å²) in [5.74, 6) is -16.3. The molecule has 2 aliphatic carbocycles. The number of carboxylic acids is 4. The minimum atomic E-state index is -2.24. The first-order valence-electron chi connectivity index (χ1n) is 11.2. The van der Waals surface area contributed by atoms with Crippen LogP contribution in [0.25, 0.3) is 23.3 Å². The molecule has 0 amide bonds. The zero-order valence-corrected chi connectivity index (χ0v) is 19.4. The van der Waals surface area contributed by atoms with Crippen LogP contribution in [0.2, 0.25) is 0 Å². The number of ketones is 1. The molecule has 2 aliphatic rings. The van der Waals surface area contributed by atoms with Gasteiger partial charge in [0, 0.05) is 11.4 Å². The molecule has 192 valence electrons. The van der Waals surface area contributed by atoms with Crippen molar-refractivity contribution in [3.05, 3.63) is 69.4 Å². The predicted octanol–water partition coefficient (Wildman–Crippen LogP) is -1.31. The Balaban J connectivity index is 2.05. The van der Waals surface area contributed by atoms with Crippen molar-refractivity contribution in [3.63, 3.8) is 0 Å². The minimum absolute atomic E-state index is 0.0953. The van der Waals surface area contributed by atoms with Crippen molar-refractivity contribution >= 4 is 64.4 Å². The van der Waals surface area contributed by atoms with E-state index < -0.39 is 75.9 Å². The average Bonchev–Trinajstić information content (AvgIpc) is 2.82. The lowest BCUT2D eigenvalue weighted by atomic mass is 9.69. The van der Waals surface area contributed by atoms with Gasteiger partial charge in [-0.05, 0) is 44.2 Å². The standard InChI is InChI=1S/C27H20N2O9/c28-15-9-11-5-1-3-7-13(11)17(21(24(31)32)25(33)34)19(15)23(30)20-16(29)10-12-6-2-4-8-14(12)18(20)22(26(35)36)27(37)38/h1-10,19-22,28-29H,(H,31,32)(H,33,34)(H,35,36)(H,37,38). The highest BCUT2D eigenvalue weighted by Crippen LogP contribution is 2.34. The summed E-state index contributed by atoms with van der Waals surface area (Å²) in [6.45, 7) is 0. The van der Waals surface area contributed by atoms with Crippen molar-refractivity contribution in [1.29, 1.82) is 10.8 Å². The van der Waals surface area contributed by atoms with Crippen LogP contribution in [0.3, 0.4) is 0 Å². The van der Waals surface area contributed by atoms with Crippen LogP contribution in [0.5, 0.6) is 0 Å². The second-order valence-corrected chi connectivity index (χ2v) is 8.77. The quantitative estimate of drug-likeness (QED) is 0.229. The van der Waals surface area contributed by atoms with Crippen molar-refractivity contribution in [2.75, 3.05) is 0 Å². The number of benzene rings is 2. The molecule has 0 heterocycles. The first kappa shape index (κ1) is 25.9. The molecule has 2 aromatic rings. The predicted molar refractivity (Wildman–Crippen MR) is 132 cm³/mol. The Hall–Kier alpha value is -5.19. The lowest BCUT2D eigenvalue weighted by Crippen LogP contribution is -2.50. The normalized spacial score (nSPS) is 18.3. The summed E-state index contributed by atoms with van der Waals surface area (Å²) in [4.78, 5) is 62.5. The third-order valence-electron chi connectivity index (χ3n) is 6.59. The molecule has 0 radical (unpaired) electrons. The highest BCUT2D eigenvalue weighted by atomic mass is 16.4. The van der Waals surface area contributed by atoms with Crippen molar-refractivity contribution in [2.45, 2.75) is 0 Å². The average molecular weight is 516 g/mol. The number of Topliss-reactive ketones (excluding diaryl/α,β-unsaturated/α-hetero) is 1. The number of hydrogen-bond acceptors (Lipinski definition) is 7. The highest BCUT2D eigenvalue weighted by Gasteiger charge is 2.47. The van der Waals surface area contributed by atoms with E-state index in [4.69, 9.17) is 10.8 Å². The number of carbonyl (C=O) groups is 5. The maximum atomic E-state index is 14.2. The van der Waals surface area contributed by atoms with E-state index in [1.54, 1.807) is 12.1 Å². The van der Waals surface area contributed by atoms with Gasteiger partial charge in [0.2, 0.25) is 0 Å². The zero-order valence-electron chi connectivity index (χ0n) is 19.4. The van der Waals surface area contributed by atoms with Gasteiger partial charge in [-0.2, -0.15) is 0 Å². The lowest BCUT2D eigenvalue weighted by molar-refractivity contribution is -0.153. The SMILES string of the molecule is N=C1C=c2ccccc2=C(C(C(=O)O)C(=O)O)C1C(=O)C1C(=N)C=c2ccccc2=C1C(C(=O)O)C(=O)O. The Kier molecular flexibility index (Phi) is 6.60. The Bertz CT molecular complexity index is 1570. The zero-order chi connectivity index (χ0) is 27.9. The van der Waals surface area contributed by atoms with Crippen LogP contribution in [-0.2, 0) is 24.0 Å². The van der Waals surface area contributed by atoms with Crippen molar-refractivity contribution in [3.8, 4) is 0 Å². The fourth-order valence-electron chi connectivity index (χ4n) is 5.09. The molecule has 2 unspecified atom stereocenters. The fourth-order valence-corrected chi connectivity index (χ4v) is 5.09. The molecule has 11 heteroatoms. The van der Waals surface area contributed by atoms with Gasteiger partial charge in [0.1, 0.15) is 0 Å². The van der Waals surface area contributed by atoms with Gasteiger partial charge in [-0.15, -0.1) is 0 Å². The van der Waals surface area contributed by atoms with E-state index >= 15 is 0 Å². The third kappa shape index (κ3) is 4.19. The van der Waals surface area contributed by atoms with E-state index in [9.17, 15) is 44.4 Å². The van der Waals surface area contributed by atoms with Crippen LogP contribution in [0.1, 0.15) is 0 Å². The molecule has 0 aromatic heterocycles. The maximum Gasteiger partial charge on any atom is 0.322 e. The van der Waals surface area contributed by atoms with Crippen LogP contribution >= 0.6 is 0 Å². The summed E-state index contributed by atoms with van der Waals surface area (Å²) in [5, 5.41) is 57.1. The lowest BCUT2D eigenvalue weighted by Gasteiger charge is -2.31. The highest BCUT2D eigenvalue weighted by molar-refractivity contribution is 6.35. The summed E-state index contributed by atoms with van der Waals surface area (Å²) in [6.07, 6.45) is 2.52. The molecule has 2 atom stereocenters. The molecule has 0 saturated carbocycles. The van der Waals surface area contributed by atoms with Crippen LogP contribution in [-0.4, -0.2) is 61.5 Å². The molecule has 0 fully saturated rings. The number of hydrogen-bond donors (Lipinski definition) is 6. The molecule has 0 bridgehead atoms. The second-order valence-electron chi connectivity index (χ2n) is 8.77. The monoisotopic (exact) mass is 516 g/mol. The summed E-state index contributed by atoms with van der Waals surface area (Å²) in [5.41, 5.74) is -1.79. The van der Waals surface area contributed by atoms with E-state index in [1.165, 1.54) is 48.6 Å². The van der Waals surface area contributed by atoms with Gasteiger partial charge in [-0.25, -0.2) is 0 Å². The van der Waals surface area contributed by atoms with E-state index in [-0.39, 0.29) is 10.4 Å². The Morgan fingerprint density at radius 2 is 0.895 bits per heavy atom. The smallest absolute Gasteiger partial charge is 0.322 e. The number of carboxylic acid groups (broad SMARTS) is 4. The van der Waals surface area contributed by atoms with Gasteiger partial charge in [0.25, 0.3) is 0 Å². The molecular formula is C27H20N2O9. The van der Waals surface area contributed by atoms with E-state index in [1.807, 2.05) is 0 Å². The summed E-state index contributed by atoms with van der Waals surface area (Å²) >= 11 is 0. The third-order valence-corrected chi connectivity index (χ3v) is 6.59. The molecule has 6 N–H and O–H groups in total. The first-order valence-corrected chi connectivity index (χ1v) is 11.2. The fraction of sp³-hybridized carbons (Fsp3) is 0.148. The first-order chi connectivity index (χ1) is 18.0. The van der Waals surface area contributed by atoms with Crippen LogP contribution in [0, 0.1) is 34.5 Å². The Morgan fingerprint density at radius 1 is 0.579 bits per heavy atom. The maximum absolute atomic E-state index is 14.2. The Morgan fingerprint density at radius 3 is 1.21 bits per heavy atom. The topological polar surface area (TPSA) is 214 Å². The molecule has 11 nitrogen and oxygen atoms in total. The number of rotatable bonds is 8. The molecule has 2 aromatic carbocycles. The van der Waals surface area contributed by atoms with Gasteiger partial charge in [-0.1, -0.05) is 48.5 Å². The number of aliphatic carboxylic acids is 4. The largest absolute Gasteiger partial charge is 0.480 e. The number of fused-ring (bicyclic) bond motifs is 2. The molecular weight excluding hydrogens is 496 g/mol. The van der Waals surface area contributed by atoms with Crippen molar-refractivity contribution in [1.82, 2.24) is 0 Å². The number of carbonyl (C=O) groups excluding carboxylic acids is 1. The molecule has 0 aliphatic heterocycles. The molecule has 38 heavy (non-hydrogen) atoms. The van der Waals surface area contributed by atoms with Gasteiger partial charge in [0.05, 0.1) is 11.8 Å². The van der Waals surface area contributed by atoms with E-state index in [0.717, 1.165) is 0 Å². The van der Waals surface area contributed by atoms with Gasteiger partial charge in [-0.3, -0.25) is 24.0 Å². The van der Waals surface area contributed by atoms with Crippen LogP contribution < -0.4 is 20.9 Å². The minimum Gasteiger partial charge on any atom is -0.480 e. The van der Waals surface area contributed by atoms with E-state index in [2.05, 4.69) is 0 Å². The Labute approximate surface area is 213 Å². The van der Waals surface area contributed by atoms with Crippen molar-refractivity contribution < 1.29 is 44.4 Å². The van der Waals surface area contributed by atoms with Crippen molar-refractivity contribution in [2.24, 2.45) is 23.7 Å². The summed E-state index contributed by atoms with van der Waals surface area (Å²) in [7, 11) is 0. The van der Waals surface area contributed by atoms with Gasteiger partial charge in [0.15, 0.2) is 17.6 Å². The van der Waals surface area contributed by atoms with E-state index in [0.29, 0.717) is 10.4 Å². The molecule has 4 rings (SSSR count). The second kappa shape index (κ2) is 9.69. The molecule has 0 spiro atoms. The summed E-state index contributed by atoms with van der Waals surface area (Å²) in [6, 6.07) is 12.0. The summed E-state index contributed by atoms with van der Waals surface area (Å²) < 4.78 is 0. The molecule has 0 saturated heterocycles. The number of nitrogens with one attached hydrogen (secondary N) is 2. The van der Waals surface area contributed by atoms with Crippen LogP contribution in [0.4, 0.5) is 0 Å².